The van der Waals surface area contributed by atoms with Crippen molar-refractivity contribution in [1.29, 1.82) is 0 Å². The van der Waals surface area contributed by atoms with Gasteiger partial charge in [-0.15, -0.1) is 0 Å². The molecule has 0 aromatic heterocycles. The molecular weight excluding hydrogens is 382 g/mol. The minimum absolute atomic E-state index is 0.192. The first-order valence-corrected chi connectivity index (χ1v) is 10.7. The number of halogens is 1. The summed E-state index contributed by atoms with van der Waals surface area (Å²) in [5, 5.41) is 4.61. The summed E-state index contributed by atoms with van der Waals surface area (Å²) in [6, 6.07) is 19.4. The molecule has 0 amide bonds. The number of hydrogen-bond donors (Lipinski definition) is 1. The van der Waals surface area contributed by atoms with Crippen LogP contribution in [0, 0.1) is 0 Å². The van der Waals surface area contributed by atoms with Crippen molar-refractivity contribution in [2.45, 2.75) is 18.2 Å². The van der Waals surface area contributed by atoms with Gasteiger partial charge in [0.2, 0.25) is 0 Å². The number of ether oxygens (including phenoxy) is 1. The molecule has 2 saturated heterocycles. The van der Waals surface area contributed by atoms with Gasteiger partial charge in [-0.25, -0.2) is 0 Å². The normalized spacial score (nSPS) is 27.0. The van der Waals surface area contributed by atoms with Crippen molar-refractivity contribution in [1.82, 2.24) is 15.1 Å². The van der Waals surface area contributed by atoms with Gasteiger partial charge in [0.1, 0.15) is 0 Å². The standard InChI is InChI=1S/C24H26ClN3O/c25-21-8-4-7-19(15-21)24-22(17-27-11-13-29-14-12-27)28-16-20(9-10-23(28)26-24)18-5-2-1-3-6-18/h1-10,15-16,22-24,26H,11-14,17H2. The van der Waals surface area contributed by atoms with Gasteiger partial charge in [0, 0.05) is 30.9 Å². The van der Waals surface area contributed by atoms with Gasteiger partial charge in [-0.2, -0.15) is 0 Å². The van der Waals surface area contributed by atoms with Crippen molar-refractivity contribution < 1.29 is 4.74 Å². The number of nitrogens with one attached hydrogen (secondary N) is 1. The summed E-state index contributed by atoms with van der Waals surface area (Å²) in [6.07, 6.45) is 7.02. The zero-order chi connectivity index (χ0) is 19.6. The maximum absolute atomic E-state index is 6.32. The second-order valence-electron chi connectivity index (χ2n) is 7.88. The third kappa shape index (κ3) is 3.99. The number of hydrogen-bond acceptors (Lipinski definition) is 4. The lowest BCUT2D eigenvalue weighted by Gasteiger charge is -2.36. The number of benzene rings is 2. The summed E-state index contributed by atoms with van der Waals surface area (Å²) in [4.78, 5) is 5.01. The van der Waals surface area contributed by atoms with E-state index in [0.29, 0.717) is 6.04 Å². The van der Waals surface area contributed by atoms with Crippen LogP contribution in [0.5, 0.6) is 0 Å². The molecule has 3 atom stereocenters. The van der Waals surface area contributed by atoms with Crippen molar-refractivity contribution in [3.8, 4) is 0 Å². The highest BCUT2D eigenvalue weighted by molar-refractivity contribution is 6.30. The Morgan fingerprint density at radius 3 is 2.66 bits per heavy atom. The molecule has 2 fully saturated rings. The van der Waals surface area contributed by atoms with Gasteiger partial charge in [0.25, 0.3) is 0 Å². The van der Waals surface area contributed by atoms with Gasteiger partial charge < -0.3 is 9.64 Å². The molecule has 0 bridgehead atoms. The van der Waals surface area contributed by atoms with E-state index in [4.69, 9.17) is 16.3 Å². The third-order valence-electron chi connectivity index (χ3n) is 6.05. The largest absolute Gasteiger partial charge is 0.379 e. The minimum Gasteiger partial charge on any atom is -0.379 e. The summed E-state index contributed by atoms with van der Waals surface area (Å²) < 4.78 is 5.56. The molecule has 0 spiro atoms. The van der Waals surface area contributed by atoms with Gasteiger partial charge in [0.15, 0.2) is 0 Å². The number of rotatable bonds is 4. The fourth-order valence-corrected chi connectivity index (χ4v) is 4.76. The lowest BCUT2D eigenvalue weighted by molar-refractivity contribution is 0.0278. The predicted molar refractivity (Wildman–Crippen MR) is 118 cm³/mol. The fourth-order valence-electron chi connectivity index (χ4n) is 4.56. The van der Waals surface area contributed by atoms with Crippen LogP contribution in [0.1, 0.15) is 17.2 Å². The first-order valence-electron chi connectivity index (χ1n) is 10.3. The summed E-state index contributed by atoms with van der Waals surface area (Å²) in [6.45, 7) is 4.61. The molecule has 5 rings (SSSR count). The molecule has 3 heterocycles. The second-order valence-corrected chi connectivity index (χ2v) is 8.32. The van der Waals surface area contributed by atoms with Crippen LogP contribution in [-0.4, -0.2) is 54.9 Å². The molecule has 150 valence electrons. The highest BCUT2D eigenvalue weighted by Gasteiger charge is 2.41. The Morgan fingerprint density at radius 2 is 1.86 bits per heavy atom. The van der Waals surface area contributed by atoms with Gasteiger partial charge in [0.05, 0.1) is 31.5 Å². The molecule has 29 heavy (non-hydrogen) atoms. The smallest absolute Gasteiger partial charge is 0.0994 e. The van der Waals surface area contributed by atoms with E-state index in [1.807, 2.05) is 12.1 Å². The van der Waals surface area contributed by atoms with Crippen molar-refractivity contribution in [3.63, 3.8) is 0 Å². The minimum atomic E-state index is 0.192. The van der Waals surface area contributed by atoms with Crippen LogP contribution >= 0.6 is 11.6 Å². The molecule has 1 N–H and O–H groups in total. The van der Waals surface area contributed by atoms with E-state index in [0.717, 1.165) is 37.9 Å². The molecule has 3 aliphatic rings. The first kappa shape index (κ1) is 18.9. The van der Waals surface area contributed by atoms with Crippen LogP contribution in [0.2, 0.25) is 5.02 Å². The number of fused-ring (bicyclic) bond motifs is 1. The first-order chi connectivity index (χ1) is 14.3. The highest BCUT2D eigenvalue weighted by atomic mass is 35.5. The SMILES string of the molecule is Clc1cccc(C2NC3C=CC(c4ccccc4)=CN3C2CN2CCOCC2)c1. The van der Waals surface area contributed by atoms with E-state index in [2.05, 4.69) is 75.9 Å². The lowest BCUT2D eigenvalue weighted by atomic mass is 9.98. The van der Waals surface area contributed by atoms with Crippen LogP contribution in [0.4, 0.5) is 0 Å². The molecular formula is C24H26ClN3O. The summed E-state index contributed by atoms with van der Waals surface area (Å²) in [7, 11) is 0. The van der Waals surface area contributed by atoms with Crippen molar-refractivity contribution >= 4 is 17.2 Å². The highest BCUT2D eigenvalue weighted by Crippen LogP contribution is 2.35. The Labute approximate surface area is 177 Å². The Bertz CT molecular complexity index is 907. The van der Waals surface area contributed by atoms with Gasteiger partial charge in [-0.3, -0.25) is 10.2 Å². The topological polar surface area (TPSA) is 27.7 Å². The Balaban J connectivity index is 1.47. The quantitative estimate of drug-likeness (QED) is 0.831. The predicted octanol–water partition coefficient (Wildman–Crippen LogP) is 3.92. The maximum atomic E-state index is 6.32. The fraction of sp³-hybridized carbons (Fsp3) is 0.333. The monoisotopic (exact) mass is 407 g/mol. The van der Waals surface area contributed by atoms with Crippen molar-refractivity contribution in [2.75, 3.05) is 32.8 Å². The van der Waals surface area contributed by atoms with E-state index in [1.165, 1.54) is 16.7 Å². The zero-order valence-corrected chi connectivity index (χ0v) is 17.1. The average Bonchev–Trinajstić information content (AvgIpc) is 3.13. The van der Waals surface area contributed by atoms with Crippen molar-refractivity contribution in [3.05, 3.63) is 89.1 Å². The van der Waals surface area contributed by atoms with E-state index in [1.54, 1.807) is 0 Å². The molecule has 3 unspecified atom stereocenters. The van der Waals surface area contributed by atoms with Crippen molar-refractivity contribution in [2.24, 2.45) is 0 Å². The Morgan fingerprint density at radius 1 is 1.03 bits per heavy atom. The number of allylic oxidation sites excluding steroid dienone is 2. The lowest BCUT2D eigenvalue weighted by Crippen LogP contribution is -2.46. The van der Waals surface area contributed by atoms with Gasteiger partial charge in [-0.1, -0.05) is 60.1 Å². The number of morpholine rings is 1. The van der Waals surface area contributed by atoms with Crippen LogP contribution < -0.4 is 5.32 Å². The third-order valence-corrected chi connectivity index (χ3v) is 6.28. The molecule has 2 aromatic carbocycles. The van der Waals surface area contributed by atoms with Crippen LogP contribution in [0.3, 0.4) is 0 Å². The average molecular weight is 408 g/mol. The van der Waals surface area contributed by atoms with Gasteiger partial charge in [-0.05, 0) is 34.9 Å². The van der Waals surface area contributed by atoms with E-state index in [9.17, 15) is 0 Å². The molecule has 4 nitrogen and oxygen atoms in total. The van der Waals surface area contributed by atoms with Crippen LogP contribution in [0.25, 0.3) is 5.57 Å². The Kier molecular flexibility index (Phi) is 5.42. The summed E-state index contributed by atoms with van der Waals surface area (Å²) >= 11 is 6.32. The molecule has 0 saturated carbocycles. The number of nitrogens with zero attached hydrogens (tertiary/aromatic N) is 2. The zero-order valence-electron chi connectivity index (χ0n) is 16.4. The van der Waals surface area contributed by atoms with Crippen LogP contribution in [-0.2, 0) is 4.74 Å². The van der Waals surface area contributed by atoms with Crippen LogP contribution in [0.15, 0.2) is 72.9 Å². The maximum Gasteiger partial charge on any atom is 0.0994 e. The van der Waals surface area contributed by atoms with E-state index in [-0.39, 0.29) is 12.2 Å². The second kappa shape index (κ2) is 8.33. The molecule has 0 radical (unpaired) electrons. The molecule has 0 aliphatic carbocycles. The van der Waals surface area contributed by atoms with Gasteiger partial charge >= 0.3 is 0 Å². The Hall–Kier alpha value is -2.11. The van der Waals surface area contributed by atoms with E-state index >= 15 is 0 Å². The summed E-state index contributed by atoms with van der Waals surface area (Å²) in [5.41, 5.74) is 3.74. The molecule has 5 heteroatoms. The molecule has 3 aliphatic heterocycles. The molecule has 2 aromatic rings. The summed E-state index contributed by atoms with van der Waals surface area (Å²) in [5.74, 6) is 0. The van der Waals surface area contributed by atoms with E-state index < -0.39 is 0 Å².